The maximum Gasteiger partial charge on any atom is 0.248 e. The number of hydrogen-bond donors (Lipinski definition) is 2. The molecule has 5 heteroatoms. The molecule has 0 spiro atoms. The molecule has 0 aliphatic heterocycles. The number of rotatable bonds is 4. The van der Waals surface area contributed by atoms with Crippen LogP contribution in [0.25, 0.3) is 6.08 Å². The van der Waals surface area contributed by atoms with E-state index >= 15 is 0 Å². The second-order valence-electron chi connectivity index (χ2n) is 4.10. The van der Waals surface area contributed by atoms with E-state index in [1.807, 2.05) is 0 Å². The summed E-state index contributed by atoms with van der Waals surface area (Å²) in [5.41, 5.74) is 1.23. The number of amides is 2. The lowest BCUT2D eigenvalue weighted by atomic mass is 10.2. The molecule has 0 fully saturated rings. The minimum Gasteiger partial charge on any atom is -0.465 e. The predicted molar refractivity (Wildman–Crippen MR) is 77.1 cm³/mol. The Morgan fingerprint density at radius 2 is 1.85 bits per heavy atom. The van der Waals surface area contributed by atoms with Crippen molar-refractivity contribution in [3.05, 3.63) is 54.5 Å². The zero-order valence-corrected chi connectivity index (χ0v) is 10.9. The molecular formula is C15H14N2O3. The molecule has 2 N–H and O–H groups in total. The number of hydrogen-bond acceptors (Lipinski definition) is 3. The van der Waals surface area contributed by atoms with Crippen LogP contribution in [-0.2, 0) is 9.59 Å². The molecule has 2 aromatic rings. The number of furan rings is 1. The molecule has 0 aliphatic rings. The Labute approximate surface area is 116 Å². The molecule has 0 aliphatic carbocycles. The summed E-state index contributed by atoms with van der Waals surface area (Å²) in [5, 5.41) is 5.35. The summed E-state index contributed by atoms with van der Waals surface area (Å²) in [6.45, 7) is 1.43. The fourth-order valence-electron chi connectivity index (χ4n) is 1.61. The highest BCUT2D eigenvalue weighted by atomic mass is 16.3. The molecule has 20 heavy (non-hydrogen) atoms. The number of nitrogens with one attached hydrogen (secondary N) is 2. The van der Waals surface area contributed by atoms with Crippen molar-refractivity contribution in [2.24, 2.45) is 0 Å². The fourth-order valence-corrected chi connectivity index (χ4v) is 1.61. The van der Waals surface area contributed by atoms with Crippen molar-refractivity contribution in [3.63, 3.8) is 0 Å². The average molecular weight is 270 g/mol. The SMILES string of the molecule is CC(=O)Nc1cccc(NC(=O)C=Cc2ccco2)c1. The van der Waals surface area contributed by atoms with E-state index in [4.69, 9.17) is 4.42 Å². The van der Waals surface area contributed by atoms with Crippen LogP contribution in [0.15, 0.2) is 53.2 Å². The molecule has 0 bridgehead atoms. The minimum atomic E-state index is -0.277. The van der Waals surface area contributed by atoms with E-state index in [0.29, 0.717) is 17.1 Å². The van der Waals surface area contributed by atoms with Crippen molar-refractivity contribution in [2.75, 3.05) is 10.6 Å². The van der Waals surface area contributed by atoms with E-state index in [1.165, 1.54) is 19.3 Å². The minimum absolute atomic E-state index is 0.161. The van der Waals surface area contributed by atoms with Gasteiger partial charge in [0.15, 0.2) is 0 Å². The molecule has 5 nitrogen and oxygen atoms in total. The van der Waals surface area contributed by atoms with E-state index in [2.05, 4.69) is 10.6 Å². The van der Waals surface area contributed by atoms with E-state index < -0.39 is 0 Å². The summed E-state index contributed by atoms with van der Waals surface area (Å²) >= 11 is 0. The zero-order chi connectivity index (χ0) is 14.4. The Hall–Kier alpha value is -2.82. The lowest BCUT2D eigenvalue weighted by Crippen LogP contribution is -2.09. The van der Waals surface area contributed by atoms with E-state index in [0.717, 1.165) is 0 Å². The molecule has 1 aromatic heterocycles. The molecule has 0 unspecified atom stereocenters. The van der Waals surface area contributed by atoms with Gasteiger partial charge >= 0.3 is 0 Å². The first-order chi connectivity index (χ1) is 9.63. The fraction of sp³-hybridized carbons (Fsp3) is 0.0667. The van der Waals surface area contributed by atoms with Gasteiger partial charge in [0, 0.05) is 24.4 Å². The van der Waals surface area contributed by atoms with Crippen molar-refractivity contribution in [3.8, 4) is 0 Å². The normalized spacial score (nSPS) is 10.4. The molecule has 1 heterocycles. The standard InChI is InChI=1S/C15H14N2O3/c1-11(18)16-12-4-2-5-13(10-12)17-15(19)8-7-14-6-3-9-20-14/h2-10H,1H3,(H,16,18)(H,17,19). The summed E-state index contributed by atoms with van der Waals surface area (Å²) in [6, 6.07) is 10.4. The van der Waals surface area contributed by atoms with Gasteiger partial charge in [0.25, 0.3) is 0 Å². The number of benzene rings is 1. The third-order valence-electron chi connectivity index (χ3n) is 2.39. The predicted octanol–water partition coefficient (Wildman–Crippen LogP) is 2.89. The highest BCUT2D eigenvalue weighted by Gasteiger charge is 2.01. The monoisotopic (exact) mass is 270 g/mol. The summed E-state index contributed by atoms with van der Waals surface area (Å²) in [6.07, 6.45) is 4.49. The van der Waals surface area contributed by atoms with Gasteiger partial charge in [-0.2, -0.15) is 0 Å². The molecule has 0 radical (unpaired) electrons. The Bertz CT molecular complexity index is 630. The van der Waals surface area contributed by atoms with Crippen LogP contribution >= 0.6 is 0 Å². The van der Waals surface area contributed by atoms with Crippen LogP contribution in [0.4, 0.5) is 11.4 Å². The summed E-state index contributed by atoms with van der Waals surface area (Å²) in [4.78, 5) is 22.7. The lowest BCUT2D eigenvalue weighted by molar-refractivity contribution is -0.114. The second kappa shape index (κ2) is 6.38. The first-order valence-corrected chi connectivity index (χ1v) is 6.04. The van der Waals surface area contributed by atoms with Crippen LogP contribution in [0.3, 0.4) is 0 Å². The molecular weight excluding hydrogens is 256 g/mol. The number of carbonyl (C=O) groups excluding carboxylic acids is 2. The van der Waals surface area contributed by atoms with Gasteiger partial charge in [0.05, 0.1) is 6.26 Å². The van der Waals surface area contributed by atoms with Gasteiger partial charge < -0.3 is 15.1 Å². The largest absolute Gasteiger partial charge is 0.465 e. The molecule has 102 valence electrons. The van der Waals surface area contributed by atoms with E-state index in [-0.39, 0.29) is 11.8 Å². The van der Waals surface area contributed by atoms with Gasteiger partial charge in [-0.3, -0.25) is 9.59 Å². The highest BCUT2D eigenvalue weighted by Crippen LogP contribution is 2.15. The van der Waals surface area contributed by atoms with Gasteiger partial charge in [-0.25, -0.2) is 0 Å². The van der Waals surface area contributed by atoms with Gasteiger partial charge in [-0.1, -0.05) is 6.07 Å². The van der Waals surface area contributed by atoms with Crippen molar-refractivity contribution in [1.82, 2.24) is 0 Å². The van der Waals surface area contributed by atoms with Crippen molar-refractivity contribution in [1.29, 1.82) is 0 Å². The van der Waals surface area contributed by atoms with Gasteiger partial charge in [-0.15, -0.1) is 0 Å². The maximum absolute atomic E-state index is 11.7. The molecule has 0 saturated heterocycles. The van der Waals surface area contributed by atoms with Crippen molar-refractivity contribution < 1.29 is 14.0 Å². The van der Waals surface area contributed by atoms with Crippen LogP contribution in [0, 0.1) is 0 Å². The highest BCUT2D eigenvalue weighted by molar-refractivity contribution is 6.02. The third kappa shape index (κ3) is 4.13. The zero-order valence-electron chi connectivity index (χ0n) is 10.9. The lowest BCUT2D eigenvalue weighted by Gasteiger charge is -2.05. The Morgan fingerprint density at radius 3 is 2.50 bits per heavy atom. The average Bonchev–Trinajstić information content (AvgIpc) is 2.89. The molecule has 0 atom stereocenters. The topological polar surface area (TPSA) is 71.3 Å². The van der Waals surface area contributed by atoms with Crippen molar-refractivity contribution >= 4 is 29.3 Å². The van der Waals surface area contributed by atoms with Crippen LogP contribution < -0.4 is 10.6 Å². The van der Waals surface area contributed by atoms with Crippen LogP contribution in [-0.4, -0.2) is 11.8 Å². The Kier molecular flexibility index (Phi) is 4.34. The third-order valence-corrected chi connectivity index (χ3v) is 2.39. The molecule has 1 aromatic carbocycles. The molecule has 0 saturated carbocycles. The second-order valence-corrected chi connectivity index (χ2v) is 4.10. The number of carbonyl (C=O) groups is 2. The first-order valence-electron chi connectivity index (χ1n) is 6.04. The quantitative estimate of drug-likeness (QED) is 0.839. The van der Waals surface area contributed by atoms with E-state index in [1.54, 1.807) is 42.5 Å². The maximum atomic E-state index is 11.7. The van der Waals surface area contributed by atoms with Crippen LogP contribution in [0.2, 0.25) is 0 Å². The summed E-state index contributed by atoms with van der Waals surface area (Å²) in [5.74, 6) is 0.166. The molecule has 2 rings (SSSR count). The van der Waals surface area contributed by atoms with Gasteiger partial charge in [0.2, 0.25) is 11.8 Å². The Morgan fingerprint density at radius 1 is 1.10 bits per heavy atom. The van der Waals surface area contributed by atoms with Crippen LogP contribution in [0.1, 0.15) is 12.7 Å². The molecule has 2 amide bonds. The van der Waals surface area contributed by atoms with E-state index in [9.17, 15) is 9.59 Å². The van der Waals surface area contributed by atoms with Crippen molar-refractivity contribution in [2.45, 2.75) is 6.92 Å². The first kappa shape index (κ1) is 13.6. The summed E-state index contributed by atoms with van der Waals surface area (Å²) in [7, 11) is 0. The van der Waals surface area contributed by atoms with Gasteiger partial charge in [-0.05, 0) is 36.4 Å². The smallest absolute Gasteiger partial charge is 0.248 e. The summed E-state index contributed by atoms with van der Waals surface area (Å²) < 4.78 is 5.08. The van der Waals surface area contributed by atoms with Gasteiger partial charge in [0.1, 0.15) is 5.76 Å². The Balaban J connectivity index is 1.99. The number of anilines is 2. The van der Waals surface area contributed by atoms with Crippen LogP contribution in [0.5, 0.6) is 0 Å².